The van der Waals surface area contributed by atoms with Gasteiger partial charge in [0.25, 0.3) is 0 Å². The fraction of sp³-hybridized carbons (Fsp3) is 0.182. The summed E-state index contributed by atoms with van der Waals surface area (Å²) in [5.41, 5.74) is 3.04. The molecule has 0 atom stereocenters. The predicted octanol–water partition coefficient (Wildman–Crippen LogP) is 2.98. The molecule has 0 N–H and O–H groups in total. The van der Waals surface area contributed by atoms with Gasteiger partial charge in [0.2, 0.25) is 0 Å². The van der Waals surface area contributed by atoms with E-state index in [0.717, 1.165) is 5.56 Å². The summed E-state index contributed by atoms with van der Waals surface area (Å²) in [4.78, 5) is 0. The summed E-state index contributed by atoms with van der Waals surface area (Å²) in [6.45, 7) is 4.03. The molecule has 1 rings (SSSR count). The third kappa shape index (κ3) is 1.73. The van der Waals surface area contributed by atoms with Gasteiger partial charge in [0.1, 0.15) is 0 Å². The zero-order chi connectivity index (χ0) is 8.97. The SMILES string of the molecule is C/C=C(\C)c1cccc(C#N)c1. The number of allylic oxidation sites excluding steroid dienone is 2. The summed E-state index contributed by atoms with van der Waals surface area (Å²) in [6.07, 6.45) is 2.04. The molecule has 0 fully saturated rings. The Kier molecular flexibility index (Phi) is 2.66. The largest absolute Gasteiger partial charge is 0.192 e. The molecule has 0 radical (unpaired) electrons. The summed E-state index contributed by atoms with van der Waals surface area (Å²) in [5, 5.41) is 8.65. The highest BCUT2D eigenvalue weighted by Gasteiger charge is 1.94. The molecular weight excluding hydrogens is 146 g/mol. The second-order valence-corrected chi connectivity index (χ2v) is 2.66. The highest BCUT2D eigenvalue weighted by molar-refractivity contribution is 5.64. The molecule has 0 aliphatic heterocycles. The average Bonchev–Trinajstić information content (AvgIpc) is 2.17. The van der Waals surface area contributed by atoms with Crippen LogP contribution in [-0.2, 0) is 0 Å². The quantitative estimate of drug-likeness (QED) is 0.614. The van der Waals surface area contributed by atoms with Crippen molar-refractivity contribution in [1.29, 1.82) is 5.26 Å². The van der Waals surface area contributed by atoms with E-state index < -0.39 is 0 Å². The van der Waals surface area contributed by atoms with Crippen LogP contribution in [0.4, 0.5) is 0 Å². The topological polar surface area (TPSA) is 23.8 Å². The van der Waals surface area contributed by atoms with Crippen molar-refractivity contribution in [2.75, 3.05) is 0 Å². The molecule has 0 amide bonds. The van der Waals surface area contributed by atoms with Crippen LogP contribution in [-0.4, -0.2) is 0 Å². The molecule has 0 aromatic heterocycles. The van der Waals surface area contributed by atoms with Crippen LogP contribution in [0.1, 0.15) is 25.0 Å². The first-order valence-corrected chi connectivity index (χ1v) is 3.91. The first-order chi connectivity index (χ1) is 5.77. The van der Waals surface area contributed by atoms with E-state index in [0.29, 0.717) is 5.56 Å². The molecule has 1 aromatic carbocycles. The zero-order valence-corrected chi connectivity index (χ0v) is 7.33. The Balaban J connectivity index is 3.12. The van der Waals surface area contributed by atoms with Gasteiger partial charge in [0, 0.05) is 0 Å². The van der Waals surface area contributed by atoms with E-state index in [1.54, 1.807) is 0 Å². The van der Waals surface area contributed by atoms with Crippen LogP contribution in [0.2, 0.25) is 0 Å². The van der Waals surface area contributed by atoms with Crippen LogP contribution >= 0.6 is 0 Å². The minimum atomic E-state index is 0.716. The summed E-state index contributed by atoms with van der Waals surface area (Å²) in [7, 11) is 0. The van der Waals surface area contributed by atoms with Gasteiger partial charge in [0.05, 0.1) is 11.6 Å². The van der Waals surface area contributed by atoms with E-state index in [1.165, 1.54) is 5.57 Å². The van der Waals surface area contributed by atoms with Crippen LogP contribution in [0, 0.1) is 11.3 Å². The van der Waals surface area contributed by atoms with Gasteiger partial charge < -0.3 is 0 Å². The second kappa shape index (κ2) is 3.73. The lowest BCUT2D eigenvalue weighted by Gasteiger charge is -1.99. The number of rotatable bonds is 1. The van der Waals surface area contributed by atoms with E-state index in [2.05, 4.69) is 6.07 Å². The molecule has 0 heterocycles. The molecule has 0 spiro atoms. The van der Waals surface area contributed by atoms with Gasteiger partial charge in [-0.15, -0.1) is 0 Å². The first kappa shape index (κ1) is 8.55. The fourth-order valence-corrected chi connectivity index (χ4v) is 1.00. The van der Waals surface area contributed by atoms with Crippen LogP contribution < -0.4 is 0 Å². The minimum absolute atomic E-state index is 0.716. The van der Waals surface area contributed by atoms with Crippen molar-refractivity contribution in [2.24, 2.45) is 0 Å². The predicted molar refractivity (Wildman–Crippen MR) is 50.5 cm³/mol. The monoisotopic (exact) mass is 157 g/mol. The zero-order valence-electron chi connectivity index (χ0n) is 7.33. The molecule has 12 heavy (non-hydrogen) atoms. The molecule has 1 aromatic rings. The van der Waals surface area contributed by atoms with E-state index in [1.807, 2.05) is 44.2 Å². The van der Waals surface area contributed by atoms with Crippen molar-refractivity contribution < 1.29 is 0 Å². The molecule has 0 aliphatic carbocycles. The van der Waals surface area contributed by atoms with E-state index >= 15 is 0 Å². The number of nitrogens with zero attached hydrogens (tertiary/aromatic N) is 1. The molecule has 0 saturated heterocycles. The Hall–Kier alpha value is -1.55. The van der Waals surface area contributed by atoms with Crippen molar-refractivity contribution in [3.63, 3.8) is 0 Å². The van der Waals surface area contributed by atoms with Gasteiger partial charge in [-0.1, -0.05) is 18.2 Å². The van der Waals surface area contributed by atoms with E-state index in [4.69, 9.17) is 5.26 Å². The lowest BCUT2D eigenvalue weighted by Crippen LogP contribution is -1.80. The Bertz CT molecular complexity index is 342. The number of hydrogen-bond donors (Lipinski definition) is 0. The Labute approximate surface area is 73.0 Å². The second-order valence-electron chi connectivity index (χ2n) is 2.66. The van der Waals surface area contributed by atoms with Gasteiger partial charge in [-0.25, -0.2) is 0 Å². The number of nitriles is 1. The molecule has 0 unspecified atom stereocenters. The normalized spacial score (nSPS) is 10.9. The minimum Gasteiger partial charge on any atom is -0.192 e. The third-order valence-corrected chi connectivity index (χ3v) is 1.88. The van der Waals surface area contributed by atoms with Crippen molar-refractivity contribution in [3.05, 3.63) is 41.5 Å². The maximum Gasteiger partial charge on any atom is 0.0991 e. The third-order valence-electron chi connectivity index (χ3n) is 1.88. The standard InChI is InChI=1S/C11H11N/c1-3-9(2)11-6-4-5-10(7-11)8-12/h3-7H,1-2H3/b9-3+. The van der Waals surface area contributed by atoms with Gasteiger partial charge in [-0.3, -0.25) is 0 Å². The average molecular weight is 157 g/mol. The molecule has 1 heteroatoms. The molecule has 1 nitrogen and oxygen atoms in total. The van der Waals surface area contributed by atoms with Crippen molar-refractivity contribution in [3.8, 4) is 6.07 Å². The van der Waals surface area contributed by atoms with Crippen LogP contribution in [0.3, 0.4) is 0 Å². The van der Waals surface area contributed by atoms with Gasteiger partial charge in [0.15, 0.2) is 0 Å². The summed E-state index contributed by atoms with van der Waals surface area (Å²) < 4.78 is 0. The van der Waals surface area contributed by atoms with Crippen LogP contribution in [0.5, 0.6) is 0 Å². The summed E-state index contributed by atoms with van der Waals surface area (Å²) >= 11 is 0. The van der Waals surface area contributed by atoms with Crippen molar-refractivity contribution in [1.82, 2.24) is 0 Å². The Morgan fingerprint density at radius 1 is 1.50 bits per heavy atom. The van der Waals surface area contributed by atoms with Crippen molar-refractivity contribution in [2.45, 2.75) is 13.8 Å². The molecule has 0 bridgehead atoms. The highest BCUT2D eigenvalue weighted by atomic mass is 14.2. The fourth-order valence-electron chi connectivity index (χ4n) is 1.00. The lowest BCUT2D eigenvalue weighted by atomic mass is 10.1. The smallest absolute Gasteiger partial charge is 0.0991 e. The van der Waals surface area contributed by atoms with Crippen LogP contribution in [0.15, 0.2) is 30.3 Å². The van der Waals surface area contributed by atoms with Gasteiger partial charge in [-0.2, -0.15) is 5.26 Å². The maximum atomic E-state index is 8.65. The highest BCUT2D eigenvalue weighted by Crippen LogP contribution is 2.14. The maximum absolute atomic E-state index is 8.65. The van der Waals surface area contributed by atoms with Crippen LogP contribution in [0.25, 0.3) is 5.57 Å². The Morgan fingerprint density at radius 3 is 2.83 bits per heavy atom. The molecule has 0 aliphatic rings. The lowest BCUT2D eigenvalue weighted by molar-refractivity contribution is 1.46. The molecule has 60 valence electrons. The van der Waals surface area contributed by atoms with Gasteiger partial charge in [-0.05, 0) is 37.1 Å². The number of benzene rings is 1. The summed E-state index contributed by atoms with van der Waals surface area (Å²) in [5.74, 6) is 0. The molecule has 0 saturated carbocycles. The number of hydrogen-bond acceptors (Lipinski definition) is 1. The van der Waals surface area contributed by atoms with Crippen molar-refractivity contribution >= 4 is 5.57 Å². The molecular formula is C11H11N. The summed E-state index contributed by atoms with van der Waals surface area (Å²) in [6, 6.07) is 9.74. The van der Waals surface area contributed by atoms with E-state index in [9.17, 15) is 0 Å². The van der Waals surface area contributed by atoms with Gasteiger partial charge >= 0.3 is 0 Å². The Morgan fingerprint density at radius 2 is 2.25 bits per heavy atom. The van der Waals surface area contributed by atoms with E-state index in [-0.39, 0.29) is 0 Å². The first-order valence-electron chi connectivity index (χ1n) is 3.91.